The van der Waals surface area contributed by atoms with E-state index in [1.165, 1.54) is 32.4 Å². The minimum absolute atomic E-state index is 0.744. The Morgan fingerprint density at radius 2 is 1.70 bits per heavy atom. The van der Waals surface area contributed by atoms with Crippen LogP contribution < -0.4 is 10.5 Å². The summed E-state index contributed by atoms with van der Waals surface area (Å²) in [5, 5.41) is 2.18. The van der Waals surface area contributed by atoms with Gasteiger partial charge in [-0.2, -0.15) is 0 Å². The van der Waals surface area contributed by atoms with E-state index in [0.29, 0.717) is 0 Å². The summed E-state index contributed by atoms with van der Waals surface area (Å²) < 4.78 is 5.98. The van der Waals surface area contributed by atoms with Crippen molar-refractivity contribution in [2.75, 3.05) is 32.0 Å². The van der Waals surface area contributed by atoms with E-state index in [4.69, 9.17) is 10.5 Å². The van der Waals surface area contributed by atoms with Gasteiger partial charge in [0.25, 0.3) is 0 Å². The number of nitrogens with zero attached hydrogens (tertiary/aromatic N) is 1. The fourth-order valence-electron chi connectivity index (χ4n) is 2.89. The van der Waals surface area contributed by atoms with E-state index in [2.05, 4.69) is 11.0 Å². The molecule has 0 spiro atoms. The zero-order chi connectivity index (χ0) is 13.8. The molecule has 2 aromatic rings. The molecule has 0 saturated carbocycles. The molecule has 0 unspecified atom stereocenters. The first-order chi connectivity index (χ1) is 9.84. The molecule has 0 amide bonds. The van der Waals surface area contributed by atoms with Crippen molar-refractivity contribution in [1.29, 1.82) is 0 Å². The maximum atomic E-state index is 6.01. The number of rotatable bonds is 4. The molecule has 1 saturated heterocycles. The molecule has 1 aliphatic heterocycles. The van der Waals surface area contributed by atoms with Crippen molar-refractivity contribution in [3.05, 3.63) is 36.4 Å². The molecule has 0 aliphatic carbocycles. The topological polar surface area (TPSA) is 38.5 Å². The van der Waals surface area contributed by atoms with Gasteiger partial charge in [-0.05, 0) is 38.1 Å². The Labute approximate surface area is 120 Å². The van der Waals surface area contributed by atoms with Crippen molar-refractivity contribution in [2.45, 2.75) is 19.3 Å². The van der Waals surface area contributed by atoms with Crippen LogP contribution in [0.15, 0.2) is 36.4 Å². The molecule has 3 heteroatoms. The Hall–Kier alpha value is -1.74. The van der Waals surface area contributed by atoms with Gasteiger partial charge in [0, 0.05) is 23.0 Å². The van der Waals surface area contributed by atoms with Crippen molar-refractivity contribution in [3.8, 4) is 5.75 Å². The standard InChI is InChI=1S/C17H22N2O/c18-16-8-9-17(15-7-3-2-6-14(15)16)20-13-12-19-10-4-1-5-11-19/h2-3,6-9H,1,4-5,10-13,18H2. The average Bonchev–Trinajstić information content (AvgIpc) is 2.51. The van der Waals surface area contributed by atoms with Gasteiger partial charge in [0.15, 0.2) is 0 Å². The summed E-state index contributed by atoms with van der Waals surface area (Å²) in [6.07, 6.45) is 4.02. The van der Waals surface area contributed by atoms with Crippen LogP contribution in [0.1, 0.15) is 19.3 Å². The molecule has 0 atom stereocenters. The molecule has 3 rings (SSSR count). The van der Waals surface area contributed by atoms with E-state index in [0.717, 1.165) is 35.4 Å². The van der Waals surface area contributed by atoms with Crippen LogP contribution in [0.5, 0.6) is 5.75 Å². The molecule has 106 valence electrons. The molecular formula is C17H22N2O. The van der Waals surface area contributed by atoms with Crippen LogP contribution in [0.2, 0.25) is 0 Å². The van der Waals surface area contributed by atoms with Gasteiger partial charge in [-0.25, -0.2) is 0 Å². The van der Waals surface area contributed by atoms with Crippen LogP contribution in [-0.2, 0) is 0 Å². The Balaban J connectivity index is 1.67. The molecule has 20 heavy (non-hydrogen) atoms. The number of fused-ring (bicyclic) bond motifs is 1. The summed E-state index contributed by atoms with van der Waals surface area (Å²) in [5.74, 6) is 0.937. The van der Waals surface area contributed by atoms with Crippen molar-refractivity contribution in [1.82, 2.24) is 4.90 Å². The van der Waals surface area contributed by atoms with Crippen LogP contribution in [0.25, 0.3) is 10.8 Å². The number of ether oxygens (including phenoxy) is 1. The maximum absolute atomic E-state index is 6.01. The van der Waals surface area contributed by atoms with Crippen LogP contribution >= 0.6 is 0 Å². The van der Waals surface area contributed by atoms with Gasteiger partial charge in [0.05, 0.1) is 0 Å². The smallest absolute Gasteiger partial charge is 0.127 e. The normalized spacial score (nSPS) is 16.4. The summed E-state index contributed by atoms with van der Waals surface area (Å²) >= 11 is 0. The third kappa shape index (κ3) is 2.88. The molecule has 0 aromatic heterocycles. The Morgan fingerprint density at radius 3 is 2.50 bits per heavy atom. The van der Waals surface area contributed by atoms with Crippen molar-refractivity contribution < 1.29 is 4.74 Å². The molecule has 1 aliphatic rings. The second-order valence-electron chi connectivity index (χ2n) is 5.45. The van der Waals surface area contributed by atoms with E-state index in [-0.39, 0.29) is 0 Å². The van der Waals surface area contributed by atoms with Crippen molar-refractivity contribution >= 4 is 16.5 Å². The number of nitrogen functional groups attached to an aromatic ring is 1. The van der Waals surface area contributed by atoms with Gasteiger partial charge >= 0.3 is 0 Å². The molecule has 3 nitrogen and oxygen atoms in total. The quantitative estimate of drug-likeness (QED) is 0.866. The van der Waals surface area contributed by atoms with Gasteiger partial charge in [-0.15, -0.1) is 0 Å². The summed E-state index contributed by atoms with van der Waals surface area (Å²) in [5.41, 5.74) is 6.82. The van der Waals surface area contributed by atoms with Crippen LogP contribution in [0, 0.1) is 0 Å². The number of benzene rings is 2. The van der Waals surface area contributed by atoms with Crippen LogP contribution in [0.3, 0.4) is 0 Å². The molecule has 1 fully saturated rings. The Morgan fingerprint density at radius 1 is 0.950 bits per heavy atom. The predicted molar refractivity (Wildman–Crippen MR) is 84.1 cm³/mol. The van der Waals surface area contributed by atoms with Gasteiger partial charge in [-0.1, -0.05) is 30.7 Å². The highest BCUT2D eigenvalue weighted by atomic mass is 16.5. The highest BCUT2D eigenvalue weighted by Crippen LogP contribution is 2.29. The summed E-state index contributed by atoms with van der Waals surface area (Å²) in [4.78, 5) is 2.49. The second-order valence-corrected chi connectivity index (χ2v) is 5.45. The van der Waals surface area contributed by atoms with Gasteiger partial charge in [-0.3, -0.25) is 4.90 Å². The van der Waals surface area contributed by atoms with Gasteiger partial charge < -0.3 is 10.5 Å². The Kier molecular flexibility index (Phi) is 4.07. The van der Waals surface area contributed by atoms with E-state index in [1.807, 2.05) is 30.3 Å². The third-order valence-corrected chi connectivity index (χ3v) is 4.03. The molecule has 0 bridgehead atoms. The van der Waals surface area contributed by atoms with Crippen LogP contribution in [0.4, 0.5) is 5.69 Å². The molecule has 0 radical (unpaired) electrons. The number of likely N-dealkylation sites (tertiary alicyclic amines) is 1. The minimum atomic E-state index is 0.744. The number of nitrogens with two attached hydrogens (primary N) is 1. The highest BCUT2D eigenvalue weighted by Gasteiger charge is 2.10. The monoisotopic (exact) mass is 270 g/mol. The SMILES string of the molecule is Nc1ccc(OCCN2CCCCC2)c2ccccc12. The van der Waals surface area contributed by atoms with E-state index in [1.54, 1.807) is 0 Å². The van der Waals surface area contributed by atoms with Gasteiger partial charge in [0.2, 0.25) is 0 Å². The van der Waals surface area contributed by atoms with E-state index in [9.17, 15) is 0 Å². The molecule has 2 aromatic carbocycles. The van der Waals surface area contributed by atoms with Crippen molar-refractivity contribution in [3.63, 3.8) is 0 Å². The number of hydrogen-bond donors (Lipinski definition) is 1. The molecule has 2 N–H and O–H groups in total. The zero-order valence-corrected chi connectivity index (χ0v) is 11.8. The molecular weight excluding hydrogens is 248 g/mol. The fraction of sp³-hybridized carbons (Fsp3) is 0.412. The highest BCUT2D eigenvalue weighted by molar-refractivity contribution is 5.96. The lowest BCUT2D eigenvalue weighted by Crippen LogP contribution is -2.33. The lowest BCUT2D eigenvalue weighted by atomic mass is 10.1. The average molecular weight is 270 g/mol. The summed E-state index contributed by atoms with van der Waals surface area (Å²) in [7, 11) is 0. The first kappa shape index (κ1) is 13.3. The van der Waals surface area contributed by atoms with E-state index < -0.39 is 0 Å². The predicted octanol–water partition coefficient (Wildman–Crippen LogP) is 3.29. The first-order valence-electron chi connectivity index (χ1n) is 7.47. The zero-order valence-electron chi connectivity index (χ0n) is 11.8. The lowest BCUT2D eigenvalue weighted by molar-refractivity contribution is 0.184. The number of piperidine rings is 1. The minimum Gasteiger partial charge on any atom is -0.492 e. The fourth-order valence-corrected chi connectivity index (χ4v) is 2.89. The van der Waals surface area contributed by atoms with Gasteiger partial charge in [0.1, 0.15) is 12.4 Å². The first-order valence-corrected chi connectivity index (χ1v) is 7.47. The largest absolute Gasteiger partial charge is 0.492 e. The Bertz CT molecular complexity index is 576. The second kappa shape index (κ2) is 6.14. The third-order valence-electron chi connectivity index (χ3n) is 4.03. The number of hydrogen-bond acceptors (Lipinski definition) is 3. The number of anilines is 1. The van der Waals surface area contributed by atoms with E-state index >= 15 is 0 Å². The summed E-state index contributed by atoms with van der Waals surface area (Å²) in [6.45, 7) is 4.18. The molecule has 1 heterocycles. The summed E-state index contributed by atoms with van der Waals surface area (Å²) in [6, 6.07) is 12.1. The van der Waals surface area contributed by atoms with Crippen LogP contribution in [-0.4, -0.2) is 31.1 Å². The lowest BCUT2D eigenvalue weighted by Gasteiger charge is -2.26. The van der Waals surface area contributed by atoms with Crippen molar-refractivity contribution in [2.24, 2.45) is 0 Å². The maximum Gasteiger partial charge on any atom is 0.127 e.